The van der Waals surface area contributed by atoms with E-state index < -0.39 is 0 Å². The molecule has 0 bridgehead atoms. The van der Waals surface area contributed by atoms with Crippen molar-refractivity contribution in [3.63, 3.8) is 0 Å². The average molecular weight is 300 g/mol. The average Bonchev–Trinajstić information content (AvgIpc) is 2.37. The molecule has 1 aromatic heterocycles. The van der Waals surface area contributed by atoms with E-state index in [1.807, 2.05) is 0 Å². The Morgan fingerprint density at radius 2 is 1.85 bits per heavy atom. The number of methoxy groups -OCH3 is 1. The van der Waals surface area contributed by atoms with Crippen LogP contribution in [-0.4, -0.2) is 28.2 Å². The van der Waals surface area contributed by atoms with Crippen LogP contribution in [0.1, 0.15) is 40.0 Å². The van der Waals surface area contributed by atoms with Gasteiger partial charge in [0.15, 0.2) is 0 Å². The fourth-order valence-electron chi connectivity index (χ4n) is 2.84. The molecule has 1 aliphatic rings. The van der Waals surface area contributed by atoms with Gasteiger partial charge in [-0.2, -0.15) is 9.97 Å². The molecule has 0 spiro atoms. The Labute approximate surface area is 125 Å². The third-order valence-electron chi connectivity index (χ3n) is 3.97. The third kappa shape index (κ3) is 3.72. The molecule has 1 aromatic rings. The minimum atomic E-state index is 0.0943. The van der Waals surface area contributed by atoms with Crippen molar-refractivity contribution >= 4 is 11.6 Å². The monoisotopic (exact) mass is 299 g/mol. The first kappa shape index (κ1) is 15.3. The highest BCUT2D eigenvalue weighted by Gasteiger charge is 2.33. The fraction of sp³-hybridized carbons (Fsp3) is 0.786. The molecule has 3 atom stereocenters. The number of aromatic nitrogens is 3. The second-order valence-corrected chi connectivity index (χ2v) is 6.19. The number of hydrogen-bond acceptors (Lipinski definition) is 5. The molecular weight excluding hydrogens is 278 g/mol. The van der Waals surface area contributed by atoms with Crippen molar-refractivity contribution < 1.29 is 9.47 Å². The van der Waals surface area contributed by atoms with E-state index in [1.165, 1.54) is 20.0 Å². The molecule has 0 amide bonds. The van der Waals surface area contributed by atoms with E-state index in [0.717, 1.165) is 6.42 Å². The summed E-state index contributed by atoms with van der Waals surface area (Å²) in [6, 6.07) is 0.441. The molecule has 2 rings (SSSR count). The summed E-state index contributed by atoms with van der Waals surface area (Å²) in [7, 11) is 1.50. The molecule has 1 aliphatic carbocycles. The molecule has 0 aromatic carbocycles. The molecule has 0 aliphatic heterocycles. The lowest BCUT2D eigenvalue weighted by Gasteiger charge is -2.36. The van der Waals surface area contributed by atoms with Crippen molar-refractivity contribution in [1.29, 1.82) is 0 Å². The van der Waals surface area contributed by atoms with Gasteiger partial charge in [0.05, 0.1) is 7.11 Å². The number of hydrogen-bond donors (Lipinski definition) is 0. The van der Waals surface area contributed by atoms with Gasteiger partial charge in [0.25, 0.3) is 0 Å². The van der Waals surface area contributed by atoms with Crippen LogP contribution in [0, 0.1) is 17.8 Å². The largest absolute Gasteiger partial charge is 0.467 e. The molecule has 3 unspecified atom stereocenters. The Hall–Kier alpha value is -1.10. The number of nitrogens with zero attached hydrogens (tertiary/aromatic N) is 3. The van der Waals surface area contributed by atoms with Gasteiger partial charge in [0, 0.05) is 0 Å². The molecule has 1 heterocycles. The Bertz CT molecular complexity index is 456. The van der Waals surface area contributed by atoms with E-state index >= 15 is 0 Å². The van der Waals surface area contributed by atoms with Gasteiger partial charge < -0.3 is 9.47 Å². The van der Waals surface area contributed by atoms with Crippen LogP contribution in [-0.2, 0) is 0 Å². The van der Waals surface area contributed by atoms with E-state index in [-0.39, 0.29) is 23.4 Å². The van der Waals surface area contributed by atoms with Crippen molar-refractivity contribution in [2.45, 2.75) is 46.1 Å². The predicted octanol–water partition coefficient (Wildman–Crippen LogP) is 3.37. The SMILES string of the molecule is COc1nc(Cl)nc(OC2CC(C)CCC2C(C)C)n1. The van der Waals surface area contributed by atoms with Gasteiger partial charge >= 0.3 is 12.0 Å². The van der Waals surface area contributed by atoms with E-state index in [4.69, 9.17) is 21.1 Å². The zero-order valence-electron chi connectivity index (χ0n) is 12.5. The quantitative estimate of drug-likeness (QED) is 0.853. The van der Waals surface area contributed by atoms with Crippen LogP contribution < -0.4 is 9.47 Å². The van der Waals surface area contributed by atoms with Gasteiger partial charge in [-0.3, -0.25) is 0 Å². The van der Waals surface area contributed by atoms with Crippen LogP contribution in [0.3, 0.4) is 0 Å². The number of rotatable bonds is 4. The molecule has 20 heavy (non-hydrogen) atoms. The molecule has 6 heteroatoms. The van der Waals surface area contributed by atoms with Crippen LogP contribution in [0.2, 0.25) is 5.28 Å². The van der Waals surface area contributed by atoms with E-state index in [1.54, 1.807) is 0 Å². The minimum absolute atomic E-state index is 0.0943. The molecule has 0 saturated heterocycles. The standard InChI is InChI=1S/C14H22ClN3O2/c1-8(2)10-6-5-9(3)7-11(10)20-14-17-12(15)16-13(18-14)19-4/h8-11H,5-7H2,1-4H3. The first-order valence-electron chi connectivity index (χ1n) is 7.11. The Morgan fingerprint density at radius 1 is 1.15 bits per heavy atom. The zero-order chi connectivity index (χ0) is 14.7. The summed E-state index contributed by atoms with van der Waals surface area (Å²) in [6.45, 7) is 6.73. The summed E-state index contributed by atoms with van der Waals surface area (Å²) in [5, 5.41) is 0.0943. The molecule has 0 N–H and O–H groups in total. The molecule has 0 radical (unpaired) electrons. The summed E-state index contributed by atoms with van der Waals surface area (Å²) in [6.07, 6.45) is 3.58. The van der Waals surface area contributed by atoms with E-state index in [9.17, 15) is 0 Å². The predicted molar refractivity (Wildman–Crippen MR) is 77.1 cm³/mol. The van der Waals surface area contributed by atoms with Gasteiger partial charge in [-0.05, 0) is 42.2 Å². The van der Waals surface area contributed by atoms with Crippen molar-refractivity contribution in [1.82, 2.24) is 15.0 Å². The second-order valence-electron chi connectivity index (χ2n) is 5.86. The van der Waals surface area contributed by atoms with E-state index in [0.29, 0.717) is 17.8 Å². The molecule has 1 saturated carbocycles. The summed E-state index contributed by atoms with van der Waals surface area (Å²) >= 11 is 5.85. The fourth-order valence-corrected chi connectivity index (χ4v) is 2.99. The van der Waals surface area contributed by atoms with Gasteiger partial charge in [-0.15, -0.1) is 4.98 Å². The summed E-state index contributed by atoms with van der Waals surface area (Å²) in [4.78, 5) is 12.0. The lowest BCUT2D eigenvalue weighted by atomic mass is 9.75. The Kier molecular flexibility index (Phi) is 5.02. The van der Waals surface area contributed by atoms with Crippen molar-refractivity contribution in [3.8, 4) is 12.0 Å². The first-order valence-corrected chi connectivity index (χ1v) is 7.49. The number of ether oxygens (including phenoxy) is 2. The first-order chi connectivity index (χ1) is 9.49. The van der Waals surface area contributed by atoms with Crippen LogP contribution in [0.15, 0.2) is 0 Å². The maximum absolute atomic E-state index is 6.00. The lowest BCUT2D eigenvalue weighted by Crippen LogP contribution is -2.36. The second kappa shape index (κ2) is 6.57. The number of halogens is 1. The van der Waals surface area contributed by atoms with Crippen molar-refractivity contribution in [3.05, 3.63) is 5.28 Å². The van der Waals surface area contributed by atoms with Crippen molar-refractivity contribution in [2.24, 2.45) is 17.8 Å². The highest BCUT2D eigenvalue weighted by atomic mass is 35.5. The van der Waals surface area contributed by atoms with Crippen LogP contribution in [0.4, 0.5) is 0 Å². The normalized spacial score (nSPS) is 26.6. The van der Waals surface area contributed by atoms with E-state index in [2.05, 4.69) is 35.7 Å². The molecule has 112 valence electrons. The molecule has 1 fully saturated rings. The third-order valence-corrected chi connectivity index (χ3v) is 4.14. The summed E-state index contributed by atoms with van der Waals surface area (Å²) in [5.74, 6) is 1.76. The van der Waals surface area contributed by atoms with Gasteiger partial charge in [-0.25, -0.2) is 0 Å². The minimum Gasteiger partial charge on any atom is -0.467 e. The van der Waals surface area contributed by atoms with Gasteiger partial charge in [-0.1, -0.05) is 27.2 Å². The van der Waals surface area contributed by atoms with Gasteiger partial charge in [0.1, 0.15) is 6.10 Å². The lowest BCUT2D eigenvalue weighted by molar-refractivity contribution is 0.0382. The highest BCUT2D eigenvalue weighted by Crippen LogP contribution is 2.35. The highest BCUT2D eigenvalue weighted by molar-refractivity contribution is 6.28. The Morgan fingerprint density at radius 3 is 2.50 bits per heavy atom. The van der Waals surface area contributed by atoms with Crippen LogP contribution in [0.5, 0.6) is 12.0 Å². The molecular formula is C14H22ClN3O2. The zero-order valence-corrected chi connectivity index (χ0v) is 13.2. The van der Waals surface area contributed by atoms with Crippen LogP contribution in [0.25, 0.3) is 0 Å². The summed E-state index contributed by atoms with van der Waals surface area (Å²) in [5.41, 5.74) is 0. The molecule has 5 nitrogen and oxygen atoms in total. The maximum Gasteiger partial charge on any atom is 0.324 e. The Balaban J connectivity index is 2.15. The smallest absolute Gasteiger partial charge is 0.324 e. The maximum atomic E-state index is 6.00. The van der Waals surface area contributed by atoms with Crippen LogP contribution >= 0.6 is 11.6 Å². The summed E-state index contributed by atoms with van der Waals surface area (Å²) < 4.78 is 11.0. The topological polar surface area (TPSA) is 57.1 Å². The van der Waals surface area contributed by atoms with Gasteiger partial charge in [0.2, 0.25) is 5.28 Å². The van der Waals surface area contributed by atoms with Crippen molar-refractivity contribution in [2.75, 3.05) is 7.11 Å².